The van der Waals surface area contributed by atoms with Gasteiger partial charge in [0.2, 0.25) is 15.9 Å². The van der Waals surface area contributed by atoms with Gasteiger partial charge in [-0.1, -0.05) is 29.1 Å². The Kier molecular flexibility index (Phi) is 6.11. The summed E-state index contributed by atoms with van der Waals surface area (Å²) in [6.45, 7) is 1.46. The average molecular weight is 491 g/mol. The number of rotatable bonds is 7. The zero-order valence-electron chi connectivity index (χ0n) is 16.7. The summed E-state index contributed by atoms with van der Waals surface area (Å²) in [5.41, 5.74) is 1.30. The van der Waals surface area contributed by atoms with E-state index in [4.69, 9.17) is 13.7 Å². The van der Waals surface area contributed by atoms with Gasteiger partial charge >= 0.3 is 0 Å². The van der Waals surface area contributed by atoms with Crippen LogP contribution in [-0.2, 0) is 20.5 Å². The number of aromatic nitrogens is 3. The molecule has 12 heteroatoms. The fourth-order valence-electron chi connectivity index (χ4n) is 3.16. The summed E-state index contributed by atoms with van der Waals surface area (Å²) in [5, 5.41) is 14.6. The summed E-state index contributed by atoms with van der Waals surface area (Å²) in [6.07, 6.45) is 0. The smallest absolute Gasteiger partial charge is 0.277 e. The number of benzene rings is 1. The highest BCUT2D eigenvalue weighted by atomic mass is 32.2. The van der Waals surface area contributed by atoms with Gasteiger partial charge in [-0.25, -0.2) is 8.42 Å². The maximum absolute atomic E-state index is 12.9. The second-order valence-corrected chi connectivity index (χ2v) is 10.7. The molecule has 0 atom stereocenters. The minimum Gasteiger partial charge on any atom is -0.411 e. The highest BCUT2D eigenvalue weighted by molar-refractivity contribution is 7.98. The molecule has 1 fully saturated rings. The Balaban J connectivity index is 1.28. The summed E-state index contributed by atoms with van der Waals surface area (Å²) in [5.74, 6) is 1.48. The Morgan fingerprint density at radius 2 is 1.97 bits per heavy atom. The van der Waals surface area contributed by atoms with E-state index >= 15 is 0 Å². The van der Waals surface area contributed by atoms with Crippen molar-refractivity contribution in [2.24, 2.45) is 0 Å². The molecular formula is C20H18N4O5S3. The number of hydrogen-bond donors (Lipinski definition) is 0. The lowest BCUT2D eigenvalue weighted by Crippen LogP contribution is -2.40. The van der Waals surface area contributed by atoms with Gasteiger partial charge < -0.3 is 13.7 Å². The molecule has 4 heterocycles. The Bertz CT molecular complexity index is 1290. The topological polar surface area (TPSA) is 112 Å². The summed E-state index contributed by atoms with van der Waals surface area (Å²) < 4.78 is 43.6. The largest absolute Gasteiger partial charge is 0.411 e. The lowest BCUT2D eigenvalue weighted by atomic mass is 10.2. The van der Waals surface area contributed by atoms with Crippen molar-refractivity contribution >= 4 is 33.1 Å². The van der Waals surface area contributed by atoms with E-state index in [0.717, 1.165) is 16.3 Å². The van der Waals surface area contributed by atoms with E-state index in [1.807, 2.05) is 23.6 Å². The third kappa shape index (κ3) is 4.50. The van der Waals surface area contributed by atoms with Crippen molar-refractivity contribution in [2.45, 2.75) is 15.9 Å². The summed E-state index contributed by atoms with van der Waals surface area (Å²) in [4.78, 5) is 1.20. The van der Waals surface area contributed by atoms with Crippen LogP contribution in [0.1, 0.15) is 5.69 Å². The van der Waals surface area contributed by atoms with E-state index in [2.05, 4.69) is 15.4 Å². The monoisotopic (exact) mass is 490 g/mol. The van der Waals surface area contributed by atoms with E-state index < -0.39 is 10.0 Å². The van der Waals surface area contributed by atoms with E-state index in [1.165, 1.54) is 16.1 Å². The Morgan fingerprint density at radius 1 is 1.09 bits per heavy atom. The molecular weight excluding hydrogens is 472 g/mol. The molecule has 0 saturated carbocycles. The van der Waals surface area contributed by atoms with Crippen LogP contribution >= 0.6 is 23.1 Å². The molecule has 9 nitrogen and oxygen atoms in total. The zero-order valence-corrected chi connectivity index (χ0v) is 19.2. The van der Waals surface area contributed by atoms with Crippen LogP contribution in [-0.4, -0.2) is 54.4 Å². The minimum atomic E-state index is -3.61. The molecule has 0 aliphatic carbocycles. The lowest BCUT2D eigenvalue weighted by molar-refractivity contribution is 0.0730. The molecule has 0 unspecified atom stereocenters. The van der Waals surface area contributed by atoms with Crippen LogP contribution in [0.5, 0.6) is 0 Å². The molecule has 1 aromatic carbocycles. The van der Waals surface area contributed by atoms with Gasteiger partial charge in [0.15, 0.2) is 5.76 Å². The van der Waals surface area contributed by atoms with Crippen molar-refractivity contribution in [3.05, 3.63) is 53.5 Å². The number of nitrogens with zero attached hydrogens (tertiary/aromatic N) is 4. The molecule has 0 radical (unpaired) electrons. The van der Waals surface area contributed by atoms with Crippen LogP contribution in [0.25, 0.3) is 22.1 Å². The second kappa shape index (κ2) is 9.16. The van der Waals surface area contributed by atoms with Gasteiger partial charge in [0.1, 0.15) is 0 Å². The molecule has 1 aliphatic heterocycles. The highest BCUT2D eigenvalue weighted by Gasteiger charge is 2.27. The van der Waals surface area contributed by atoms with E-state index in [9.17, 15) is 8.42 Å². The number of thiophene rings is 1. The van der Waals surface area contributed by atoms with Crippen molar-refractivity contribution in [3.8, 4) is 22.1 Å². The van der Waals surface area contributed by atoms with Gasteiger partial charge in [-0.15, -0.1) is 21.5 Å². The van der Waals surface area contributed by atoms with Crippen LogP contribution < -0.4 is 0 Å². The number of hydrogen-bond acceptors (Lipinski definition) is 10. The summed E-state index contributed by atoms with van der Waals surface area (Å²) in [6, 6.07) is 12.3. The maximum atomic E-state index is 12.9. The molecule has 0 N–H and O–H groups in total. The van der Waals surface area contributed by atoms with Crippen molar-refractivity contribution in [1.29, 1.82) is 0 Å². The minimum absolute atomic E-state index is 0.188. The summed E-state index contributed by atoms with van der Waals surface area (Å²) in [7, 11) is -3.61. The van der Waals surface area contributed by atoms with Crippen molar-refractivity contribution in [2.75, 3.05) is 26.3 Å². The molecule has 5 rings (SSSR count). The van der Waals surface area contributed by atoms with Crippen LogP contribution in [0.4, 0.5) is 0 Å². The Hall–Kier alpha value is -2.51. The molecule has 0 bridgehead atoms. The fraction of sp³-hybridized carbons (Fsp3) is 0.250. The van der Waals surface area contributed by atoms with Crippen molar-refractivity contribution < 1.29 is 22.1 Å². The number of ether oxygens (including phenoxy) is 1. The lowest BCUT2D eigenvalue weighted by Gasteiger charge is -2.26. The predicted molar refractivity (Wildman–Crippen MR) is 119 cm³/mol. The molecule has 0 amide bonds. The molecule has 166 valence electrons. The number of thioether (sulfide) groups is 1. The Labute approximate surface area is 192 Å². The van der Waals surface area contributed by atoms with Gasteiger partial charge in [0, 0.05) is 30.5 Å². The molecule has 0 spiro atoms. The zero-order chi connectivity index (χ0) is 22.0. The second-order valence-electron chi connectivity index (χ2n) is 6.87. The standard InChI is InChI=1S/C20H18N4O5S3/c25-32(26,24-6-8-27-9-7-24)16-4-1-3-14(11-16)19-21-22-20(28-19)31-13-15-12-17(29-23-15)18-5-2-10-30-18/h1-5,10-12H,6-9,13H2. The van der Waals surface area contributed by atoms with Crippen molar-refractivity contribution in [3.63, 3.8) is 0 Å². The van der Waals surface area contributed by atoms with Gasteiger partial charge in [0.25, 0.3) is 5.22 Å². The molecule has 1 aliphatic rings. The number of morpholine rings is 1. The highest BCUT2D eigenvalue weighted by Crippen LogP contribution is 2.30. The maximum Gasteiger partial charge on any atom is 0.277 e. The normalized spacial score (nSPS) is 15.2. The quantitative estimate of drug-likeness (QED) is 0.357. The van der Waals surface area contributed by atoms with E-state index in [-0.39, 0.29) is 10.8 Å². The van der Waals surface area contributed by atoms with Gasteiger partial charge in [-0.05, 0) is 29.6 Å². The first-order valence-electron chi connectivity index (χ1n) is 9.74. The molecule has 3 aromatic heterocycles. The van der Waals surface area contributed by atoms with Crippen LogP contribution in [0.3, 0.4) is 0 Å². The van der Waals surface area contributed by atoms with Crippen LogP contribution in [0.15, 0.2) is 66.9 Å². The third-order valence-electron chi connectivity index (χ3n) is 4.76. The van der Waals surface area contributed by atoms with Gasteiger partial charge in [-0.2, -0.15) is 4.31 Å². The molecule has 4 aromatic rings. The van der Waals surface area contributed by atoms with Crippen molar-refractivity contribution in [1.82, 2.24) is 19.7 Å². The first kappa shape index (κ1) is 21.3. The fourth-order valence-corrected chi connectivity index (χ4v) is 5.93. The summed E-state index contributed by atoms with van der Waals surface area (Å²) >= 11 is 2.92. The van der Waals surface area contributed by atoms with Gasteiger partial charge in [0.05, 0.1) is 28.7 Å². The predicted octanol–water partition coefficient (Wildman–Crippen LogP) is 3.77. The van der Waals surface area contributed by atoms with E-state index in [0.29, 0.717) is 42.8 Å². The first-order chi connectivity index (χ1) is 15.6. The van der Waals surface area contributed by atoms with Crippen LogP contribution in [0.2, 0.25) is 0 Å². The average Bonchev–Trinajstić information content (AvgIpc) is 3.60. The first-order valence-corrected chi connectivity index (χ1v) is 13.0. The van der Waals surface area contributed by atoms with Crippen LogP contribution in [0, 0.1) is 0 Å². The van der Waals surface area contributed by atoms with E-state index in [1.54, 1.807) is 35.6 Å². The SMILES string of the molecule is O=S(=O)(c1cccc(-c2nnc(SCc3cc(-c4cccs4)on3)o2)c1)N1CCOCC1. The number of sulfonamides is 1. The third-order valence-corrected chi connectivity index (χ3v) is 8.39. The molecule has 32 heavy (non-hydrogen) atoms. The van der Waals surface area contributed by atoms with Gasteiger partial charge in [-0.3, -0.25) is 0 Å². The molecule has 1 saturated heterocycles. The Morgan fingerprint density at radius 3 is 2.78 bits per heavy atom.